The average Bonchev–Trinajstić information content (AvgIpc) is 3.03. The van der Waals surface area contributed by atoms with Crippen molar-refractivity contribution < 1.29 is 17.7 Å². The molecule has 2 rings (SSSR count). The van der Waals surface area contributed by atoms with Crippen LogP contribution in [0.3, 0.4) is 0 Å². The fraction of sp³-hybridized carbons (Fsp3) is 0.652. The van der Waals surface area contributed by atoms with Crippen molar-refractivity contribution in [2.24, 2.45) is 11.3 Å². The van der Waals surface area contributed by atoms with E-state index < -0.39 is 16.2 Å². The molecular weight excluding hydrogens is 408 g/mol. The molecule has 0 bridgehead atoms. The van der Waals surface area contributed by atoms with Gasteiger partial charge in [0.05, 0.1) is 19.0 Å². The van der Waals surface area contributed by atoms with Crippen LogP contribution >= 0.6 is 11.6 Å². The van der Waals surface area contributed by atoms with Crippen LogP contribution in [0.2, 0.25) is 0 Å². The van der Waals surface area contributed by atoms with Crippen molar-refractivity contribution in [1.29, 1.82) is 0 Å². The minimum atomic E-state index is -3.36. The summed E-state index contributed by atoms with van der Waals surface area (Å²) in [5, 5.41) is 10.6. The Morgan fingerprint density at radius 1 is 1.21 bits per heavy atom. The van der Waals surface area contributed by atoms with Crippen molar-refractivity contribution in [2.45, 2.75) is 70.3 Å². The van der Waals surface area contributed by atoms with Gasteiger partial charge in [-0.3, -0.25) is 4.18 Å². The maximum absolute atomic E-state index is 11.3. The Bertz CT molecular complexity index is 765. The average molecular weight is 443 g/mol. The molecule has 6 heteroatoms. The van der Waals surface area contributed by atoms with E-state index in [2.05, 4.69) is 28.5 Å². The van der Waals surface area contributed by atoms with Gasteiger partial charge in [0.1, 0.15) is 0 Å². The summed E-state index contributed by atoms with van der Waals surface area (Å²) < 4.78 is 27.1. The van der Waals surface area contributed by atoms with Gasteiger partial charge in [0.2, 0.25) is 0 Å². The quantitative estimate of drug-likeness (QED) is 0.235. The van der Waals surface area contributed by atoms with Crippen LogP contribution in [0.5, 0.6) is 0 Å². The number of aliphatic hydroxyl groups is 1. The Hall–Kier alpha value is -0.880. The second-order valence-electron chi connectivity index (χ2n) is 9.09. The summed E-state index contributed by atoms with van der Waals surface area (Å²) in [5.41, 5.74) is 1.98. The van der Waals surface area contributed by atoms with E-state index in [0.29, 0.717) is 18.3 Å². The van der Waals surface area contributed by atoms with Crippen molar-refractivity contribution in [3.05, 3.63) is 47.5 Å². The summed E-state index contributed by atoms with van der Waals surface area (Å²) in [5.74, 6) is 0.835. The molecule has 1 aliphatic carbocycles. The van der Waals surface area contributed by atoms with E-state index in [-0.39, 0.29) is 16.5 Å². The van der Waals surface area contributed by atoms with Crippen molar-refractivity contribution >= 4 is 21.7 Å². The summed E-state index contributed by atoms with van der Waals surface area (Å²) in [4.78, 5) is 0. The Labute approximate surface area is 181 Å². The first-order chi connectivity index (χ1) is 13.5. The van der Waals surface area contributed by atoms with Crippen LogP contribution in [0.15, 0.2) is 36.4 Å². The molecule has 4 unspecified atom stereocenters. The molecule has 0 spiro atoms. The molecule has 1 aliphatic rings. The maximum Gasteiger partial charge on any atom is 0.267 e. The zero-order valence-electron chi connectivity index (χ0n) is 18.0. The normalized spacial score (nSPS) is 24.3. The minimum Gasteiger partial charge on any atom is -0.388 e. The second-order valence-corrected chi connectivity index (χ2v) is 11.5. The molecule has 1 aromatic rings. The third-order valence-corrected chi connectivity index (χ3v) is 7.58. The maximum atomic E-state index is 11.3. The third kappa shape index (κ3) is 7.09. The van der Waals surface area contributed by atoms with Crippen molar-refractivity contribution in [3.8, 4) is 0 Å². The van der Waals surface area contributed by atoms with E-state index in [4.69, 9.17) is 11.6 Å². The van der Waals surface area contributed by atoms with E-state index in [1.807, 2.05) is 32.9 Å². The van der Waals surface area contributed by atoms with Gasteiger partial charge in [-0.2, -0.15) is 8.42 Å². The van der Waals surface area contributed by atoms with Crippen LogP contribution in [0, 0.1) is 11.3 Å². The lowest BCUT2D eigenvalue weighted by molar-refractivity contribution is 0.0626. The number of aliphatic hydroxyl groups excluding tert-OH is 1. The minimum absolute atomic E-state index is 0.0520. The summed E-state index contributed by atoms with van der Waals surface area (Å²) in [6.45, 7) is 6.10. The zero-order chi connectivity index (χ0) is 21.7. The lowest BCUT2D eigenvalue weighted by Crippen LogP contribution is -2.18. The first-order valence-electron chi connectivity index (χ1n) is 10.4. The van der Waals surface area contributed by atoms with Gasteiger partial charge in [0.25, 0.3) is 10.1 Å². The number of hydrogen-bond acceptors (Lipinski definition) is 4. The monoisotopic (exact) mass is 442 g/mol. The van der Waals surface area contributed by atoms with E-state index in [0.717, 1.165) is 31.2 Å². The highest BCUT2D eigenvalue weighted by atomic mass is 35.5. The molecule has 29 heavy (non-hydrogen) atoms. The molecule has 0 aromatic heterocycles. The molecule has 164 valence electrons. The van der Waals surface area contributed by atoms with Crippen molar-refractivity contribution in [1.82, 2.24) is 0 Å². The molecule has 0 amide bonds. The van der Waals surface area contributed by atoms with Gasteiger partial charge in [-0.25, -0.2) is 0 Å². The van der Waals surface area contributed by atoms with E-state index in [1.165, 1.54) is 12.7 Å². The number of allylic oxidation sites excluding steroid dienone is 2. The van der Waals surface area contributed by atoms with Gasteiger partial charge < -0.3 is 5.11 Å². The van der Waals surface area contributed by atoms with Gasteiger partial charge >= 0.3 is 0 Å². The number of alkyl halides is 1. The first kappa shape index (κ1) is 24.4. The summed E-state index contributed by atoms with van der Waals surface area (Å²) >= 11 is 6.66. The number of rotatable bonds is 9. The highest BCUT2D eigenvalue weighted by molar-refractivity contribution is 7.86. The van der Waals surface area contributed by atoms with Crippen molar-refractivity contribution in [3.63, 3.8) is 0 Å². The molecule has 0 radical (unpaired) electrons. The standard InChI is InChI=1S/C23H35ClO4S/c1-23(2,3)22(25)19-12-10-18(11-13-19)21-17(14-15-20(21)24)9-7-5-6-8-16-29(26,27)28-4/h5,7,10-13,17,20-22,25H,6,8-9,14-16H2,1-4H3. The van der Waals surface area contributed by atoms with Crippen LogP contribution in [-0.4, -0.2) is 31.8 Å². The Morgan fingerprint density at radius 3 is 2.45 bits per heavy atom. The predicted molar refractivity (Wildman–Crippen MR) is 120 cm³/mol. The molecule has 1 aromatic carbocycles. The molecule has 4 atom stereocenters. The second kappa shape index (κ2) is 10.4. The number of benzene rings is 1. The van der Waals surface area contributed by atoms with Crippen LogP contribution in [-0.2, 0) is 14.3 Å². The Balaban J connectivity index is 1.95. The molecule has 0 aliphatic heterocycles. The van der Waals surface area contributed by atoms with Gasteiger partial charge in [-0.05, 0) is 54.6 Å². The highest BCUT2D eigenvalue weighted by Crippen LogP contribution is 2.45. The SMILES string of the molecule is COS(=O)(=O)CCCC=CCC1CCC(Cl)C1c1ccc(C(O)C(C)(C)C)cc1. The molecular formula is C23H35ClO4S. The number of halogens is 1. The van der Waals surface area contributed by atoms with Crippen molar-refractivity contribution in [2.75, 3.05) is 12.9 Å². The largest absolute Gasteiger partial charge is 0.388 e. The zero-order valence-corrected chi connectivity index (χ0v) is 19.5. The van der Waals surface area contributed by atoms with Gasteiger partial charge in [-0.1, -0.05) is 57.2 Å². The molecule has 1 fully saturated rings. The molecule has 0 heterocycles. The molecule has 1 saturated carbocycles. The van der Waals surface area contributed by atoms with Gasteiger partial charge in [0.15, 0.2) is 0 Å². The smallest absolute Gasteiger partial charge is 0.267 e. The van der Waals surface area contributed by atoms with Crippen LogP contribution in [0.4, 0.5) is 0 Å². The fourth-order valence-corrected chi connectivity index (χ4v) is 5.19. The van der Waals surface area contributed by atoms with Crippen LogP contribution < -0.4 is 0 Å². The summed E-state index contributed by atoms with van der Waals surface area (Å²) in [7, 11) is -2.16. The third-order valence-electron chi connectivity index (χ3n) is 5.79. The van der Waals surface area contributed by atoms with E-state index in [1.54, 1.807) is 0 Å². The molecule has 1 N–H and O–H groups in total. The van der Waals surface area contributed by atoms with Gasteiger partial charge in [-0.15, -0.1) is 11.6 Å². The summed E-state index contributed by atoms with van der Waals surface area (Å²) in [6.07, 6.45) is 8.05. The highest BCUT2D eigenvalue weighted by Gasteiger charge is 2.35. The lowest BCUT2D eigenvalue weighted by Gasteiger charge is -2.27. The topological polar surface area (TPSA) is 63.6 Å². The Morgan fingerprint density at radius 2 is 1.86 bits per heavy atom. The van der Waals surface area contributed by atoms with Crippen LogP contribution in [0.25, 0.3) is 0 Å². The Kier molecular flexibility index (Phi) is 8.77. The number of unbranched alkanes of at least 4 members (excludes halogenated alkanes) is 1. The number of hydrogen-bond donors (Lipinski definition) is 1. The van der Waals surface area contributed by atoms with Gasteiger partial charge in [0, 0.05) is 11.3 Å². The first-order valence-corrected chi connectivity index (χ1v) is 12.4. The lowest BCUT2D eigenvalue weighted by atomic mass is 9.82. The van der Waals surface area contributed by atoms with E-state index >= 15 is 0 Å². The molecule has 4 nitrogen and oxygen atoms in total. The fourth-order valence-electron chi connectivity index (χ4n) is 4.02. The summed E-state index contributed by atoms with van der Waals surface area (Å²) in [6, 6.07) is 8.27. The predicted octanol–water partition coefficient (Wildman–Crippen LogP) is 5.57. The molecule has 0 saturated heterocycles. The van der Waals surface area contributed by atoms with E-state index in [9.17, 15) is 13.5 Å². The van der Waals surface area contributed by atoms with Crippen LogP contribution in [0.1, 0.15) is 76.0 Å².